The van der Waals surface area contributed by atoms with Crippen molar-refractivity contribution in [1.82, 2.24) is 4.90 Å². The largest absolute Gasteiger partial charge is 0.371 e. The number of nitrogens with zero attached hydrogens (tertiary/aromatic N) is 1. The molecule has 4 nitrogen and oxygen atoms in total. The molecule has 2 N–H and O–H groups in total. The van der Waals surface area contributed by atoms with Crippen molar-refractivity contribution in [2.75, 3.05) is 19.6 Å². The molecule has 2 atom stereocenters. The Morgan fingerprint density at radius 3 is 2.84 bits per heavy atom. The molecule has 0 saturated carbocycles. The Bertz CT molecular complexity index is 531. The van der Waals surface area contributed by atoms with E-state index in [2.05, 4.69) is 11.8 Å². The molecule has 1 aromatic rings. The average molecular weight is 276 g/mol. The minimum absolute atomic E-state index is 0.103. The lowest BCUT2D eigenvalue weighted by Crippen LogP contribution is -2.45. The fourth-order valence-electron chi connectivity index (χ4n) is 2.59. The summed E-state index contributed by atoms with van der Waals surface area (Å²) in [6.07, 6.45) is 2.62. The van der Waals surface area contributed by atoms with E-state index in [-0.39, 0.29) is 18.1 Å². The van der Waals surface area contributed by atoms with Crippen LogP contribution < -0.4 is 5.73 Å². The van der Waals surface area contributed by atoms with E-state index < -0.39 is 0 Å². The minimum Gasteiger partial charge on any atom is -0.371 e. The van der Waals surface area contributed by atoms with E-state index in [9.17, 15) is 4.79 Å². The smallest absolute Gasteiger partial charge is 0.264 e. The highest BCUT2D eigenvalue weighted by Crippen LogP contribution is 2.28. The van der Waals surface area contributed by atoms with Gasteiger partial charge in [0.1, 0.15) is 0 Å². The van der Waals surface area contributed by atoms with Crippen LogP contribution in [0.25, 0.3) is 0 Å². The van der Waals surface area contributed by atoms with Gasteiger partial charge in [-0.15, -0.1) is 11.3 Å². The molecule has 2 fully saturated rings. The quantitative estimate of drug-likeness (QED) is 0.780. The number of nitrogens with two attached hydrogens (primary N) is 1. The van der Waals surface area contributed by atoms with Crippen molar-refractivity contribution in [1.29, 1.82) is 0 Å². The van der Waals surface area contributed by atoms with Crippen LogP contribution in [-0.4, -0.2) is 42.6 Å². The standard InChI is InChI=1S/C14H16N2O2S/c15-7-1-2-12-5-6-13(19-12)14(17)16-8-10-3-4-11(9-16)18-10/h5-6,10-11H,3-4,7-9,15H2. The van der Waals surface area contributed by atoms with Crippen LogP contribution in [-0.2, 0) is 4.74 Å². The number of fused-ring (bicyclic) bond motifs is 2. The molecule has 2 aliphatic rings. The maximum Gasteiger partial charge on any atom is 0.264 e. The molecular weight excluding hydrogens is 260 g/mol. The molecule has 0 radical (unpaired) electrons. The zero-order valence-corrected chi connectivity index (χ0v) is 11.4. The van der Waals surface area contributed by atoms with Gasteiger partial charge in [-0.3, -0.25) is 4.79 Å². The Morgan fingerprint density at radius 2 is 2.16 bits per heavy atom. The topological polar surface area (TPSA) is 55.6 Å². The zero-order chi connectivity index (χ0) is 13.2. The molecular formula is C14H16N2O2S. The molecule has 2 bridgehead atoms. The number of rotatable bonds is 1. The van der Waals surface area contributed by atoms with Gasteiger partial charge in [-0.25, -0.2) is 0 Å². The van der Waals surface area contributed by atoms with Crippen LogP contribution in [0, 0.1) is 11.8 Å². The summed E-state index contributed by atoms with van der Waals surface area (Å²) in [7, 11) is 0. The molecule has 0 spiro atoms. The third-order valence-corrected chi connectivity index (χ3v) is 4.45. The number of morpholine rings is 1. The highest BCUT2D eigenvalue weighted by Gasteiger charge is 2.36. The monoisotopic (exact) mass is 276 g/mol. The fourth-order valence-corrected chi connectivity index (χ4v) is 3.44. The lowest BCUT2D eigenvalue weighted by molar-refractivity contribution is -0.0302. The van der Waals surface area contributed by atoms with E-state index in [1.807, 2.05) is 17.0 Å². The van der Waals surface area contributed by atoms with Gasteiger partial charge in [0.2, 0.25) is 0 Å². The van der Waals surface area contributed by atoms with Crippen molar-refractivity contribution in [2.24, 2.45) is 5.73 Å². The molecule has 100 valence electrons. The van der Waals surface area contributed by atoms with Gasteiger partial charge in [-0.05, 0) is 25.0 Å². The van der Waals surface area contributed by atoms with Crippen LogP contribution in [0.2, 0.25) is 0 Å². The molecule has 5 heteroatoms. The number of hydrogen-bond donors (Lipinski definition) is 1. The second-order valence-electron chi connectivity index (χ2n) is 4.84. The molecule has 2 saturated heterocycles. The number of carbonyl (C=O) groups is 1. The third kappa shape index (κ3) is 2.66. The minimum atomic E-state index is 0.103. The molecule has 1 amide bonds. The van der Waals surface area contributed by atoms with Gasteiger partial charge >= 0.3 is 0 Å². The van der Waals surface area contributed by atoms with Crippen molar-refractivity contribution >= 4 is 17.2 Å². The van der Waals surface area contributed by atoms with Crippen LogP contribution in [0.3, 0.4) is 0 Å². The van der Waals surface area contributed by atoms with Crippen LogP contribution in [0.1, 0.15) is 27.4 Å². The van der Waals surface area contributed by atoms with Gasteiger partial charge < -0.3 is 15.4 Å². The molecule has 19 heavy (non-hydrogen) atoms. The van der Waals surface area contributed by atoms with E-state index in [4.69, 9.17) is 10.5 Å². The average Bonchev–Trinajstić information content (AvgIpc) is 3.02. The van der Waals surface area contributed by atoms with Crippen molar-refractivity contribution in [3.63, 3.8) is 0 Å². The Kier molecular flexibility index (Phi) is 3.56. The molecule has 3 rings (SSSR count). The predicted molar refractivity (Wildman–Crippen MR) is 74.0 cm³/mol. The Morgan fingerprint density at radius 1 is 1.42 bits per heavy atom. The summed E-state index contributed by atoms with van der Waals surface area (Å²) in [6.45, 7) is 1.78. The summed E-state index contributed by atoms with van der Waals surface area (Å²) in [6, 6.07) is 3.74. The maximum absolute atomic E-state index is 12.4. The molecule has 1 aromatic heterocycles. The zero-order valence-electron chi connectivity index (χ0n) is 10.6. The number of likely N-dealkylation sites (tertiary alicyclic amines) is 1. The molecule has 0 aliphatic carbocycles. The van der Waals surface area contributed by atoms with Gasteiger partial charge in [-0.2, -0.15) is 0 Å². The lowest BCUT2D eigenvalue weighted by atomic mass is 10.2. The van der Waals surface area contributed by atoms with Crippen LogP contribution in [0.4, 0.5) is 0 Å². The van der Waals surface area contributed by atoms with Crippen LogP contribution in [0.5, 0.6) is 0 Å². The fraction of sp³-hybridized carbons (Fsp3) is 0.500. The first-order chi connectivity index (χ1) is 9.26. The second-order valence-corrected chi connectivity index (χ2v) is 5.92. The lowest BCUT2D eigenvalue weighted by Gasteiger charge is -2.31. The summed E-state index contributed by atoms with van der Waals surface area (Å²) < 4.78 is 5.75. The van der Waals surface area contributed by atoms with Gasteiger partial charge in [-0.1, -0.05) is 11.8 Å². The van der Waals surface area contributed by atoms with Crippen molar-refractivity contribution in [3.05, 3.63) is 21.9 Å². The Balaban J connectivity index is 1.71. The van der Waals surface area contributed by atoms with Gasteiger partial charge in [0, 0.05) is 13.1 Å². The molecule has 2 aliphatic heterocycles. The van der Waals surface area contributed by atoms with Crippen LogP contribution >= 0.6 is 11.3 Å². The first kappa shape index (κ1) is 12.7. The van der Waals surface area contributed by atoms with E-state index in [1.165, 1.54) is 11.3 Å². The predicted octanol–water partition coefficient (Wildman–Crippen LogP) is 1.06. The molecule has 2 unspecified atom stereocenters. The Labute approximate surface area is 116 Å². The third-order valence-electron chi connectivity index (χ3n) is 3.46. The molecule has 0 aromatic carbocycles. The summed E-state index contributed by atoms with van der Waals surface area (Å²) >= 11 is 1.44. The van der Waals surface area contributed by atoms with E-state index in [1.54, 1.807) is 0 Å². The number of amides is 1. The summed E-state index contributed by atoms with van der Waals surface area (Å²) in [4.78, 5) is 16.0. The number of thiophene rings is 1. The van der Waals surface area contributed by atoms with Crippen LogP contribution in [0.15, 0.2) is 12.1 Å². The highest BCUT2D eigenvalue weighted by molar-refractivity contribution is 7.14. The molecule has 3 heterocycles. The maximum atomic E-state index is 12.4. The number of carbonyl (C=O) groups excluding carboxylic acids is 1. The SMILES string of the molecule is NCC#Cc1ccc(C(=O)N2CC3CCC(C2)O3)s1. The summed E-state index contributed by atoms with van der Waals surface area (Å²) in [5.41, 5.74) is 5.34. The highest BCUT2D eigenvalue weighted by atomic mass is 32.1. The van der Waals surface area contributed by atoms with Gasteiger partial charge in [0.15, 0.2) is 0 Å². The first-order valence-corrected chi connectivity index (χ1v) is 7.31. The normalized spacial score (nSPS) is 25.0. The number of ether oxygens (including phenoxy) is 1. The van der Waals surface area contributed by atoms with Gasteiger partial charge in [0.25, 0.3) is 5.91 Å². The summed E-state index contributed by atoms with van der Waals surface area (Å²) in [5.74, 6) is 5.87. The van der Waals surface area contributed by atoms with Crippen molar-refractivity contribution in [3.8, 4) is 11.8 Å². The van der Waals surface area contributed by atoms with E-state index in [0.717, 1.165) is 35.7 Å². The van der Waals surface area contributed by atoms with E-state index in [0.29, 0.717) is 6.54 Å². The van der Waals surface area contributed by atoms with E-state index >= 15 is 0 Å². The first-order valence-electron chi connectivity index (χ1n) is 6.50. The number of hydrogen-bond acceptors (Lipinski definition) is 4. The summed E-state index contributed by atoms with van der Waals surface area (Å²) in [5, 5.41) is 0. The van der Waals surface area contributed by atoms with Crippen molar-refractivity contribution < 1.29 is 9.53 Å². The Hall–Kier alpha value is -1.35. The van der Waals surface area contributed by atoms with Crippen molar-refractivity contribution in [2.45, 2.75) is 25.0 Å². The van der Waals surface area contributed by atoms with Gasteiger partial charge in [0.05, 0.1) is 28.5 Å². The second kappa shape index (κ2) is 5.33.